The van der Waals surface area contributed by atoms with Crippen molar-refractivity contribution in [2.45, 2.75) is 18.9 Å². The predicted octanol–water partition coefficient (Wildman–Crippen LogP) is 1.70. The average molecular weight is 244 g/mol. The average Bonchev–Trinajstić information content (AvgIpc) is 2.14. The molecule has 3 heteroatoms. The lowest BCUT2D eigenvalue weighted by molar-refractivity contribution is 0.173. The van der Waals surface area contributed by atoms with E-state index >= 15 is 0 Å². The molecule has 0 aromatic heterocycles. The molecule has 0 aliphatic heterocycles. The Morgan fingerprint density at radius 3 is 2.85 bits per heavy atom. The number of halogens is 1. The van der Waals surface area contributed by atoms with Crippen molar-refractivity contribution in [3.63, 3.8) is 0 Å². The molecular weight excluding hydrogens is 230 g/mol. The summed E-state index contributed by atoms with van der Waals surface area (Å²) in [5.41, 5.74) is 6.53. The number of nitrogens with two attached hydrogens (primary N) is 1. The molecule has 0 bridgehead atoms. The monoisotopic (exact) mass is 243 g/mol. The maximum absolute atomic E-state index is 9.25. The molecule has 0 aliphatic carbocycles. The van der Waals surface area contributed by atoms with Crippen LogP contribution in [-0.2, 0) is 6.42 Å². The van der Waals surface area contributed by atoms with Gasteiger partial charge in [-0.15, -0.1) is 0 Å². The van der Waals surface area contributed by atoms with Crippen LogP contribution in [0.5, 0.6) is 0 Å². The standard InChI is InChI=1S/C10H14BrNO/c11-9-3-1-2-8(6-9)4-5-10(13)7-12/h1-3,6,10,13H,4-5,7,12H2/t10-/m1/s1. The van der Waals surface area contributed by atoms with Crippen molar-refractivity contribution in [3.05, 3.63) is 34.3 Å². The van der Waals surface area contributed by atoms with Gasteiger partial charge in [0, 0.05) is 11.0 Å². The molecule has 0 fully saturated rings. The molecule has 1 atom stereocenters. The zero-order valence-corrected chi connectivity index (χ0v) is 9.00. The quantitative estimate of drug-likeness (QED) is 0.846. The van der Waals surface area contributed by atoms with Crippen LogP contribution in [0.2, 0.25) is 0 Å². The van der Waals surface area contributed by atoms with Crippen LogP contribution in [0.4, 0.5) is 0 Å². The maximum atomic E-state index is 9.25. The molecule has 1 rings (SSSR count). The van der Waals surface area contributed by atoms with Crippen LogP contribution in [0.1, 0.15) is 12.0 Å². The van der Waals surface area contributed by atoms with Crippen LogP contribution < -0.4 is 5.73 Å². The van der Waals surface area contributed by atoms with Crippen molar-refractivity contribution in [2.75, 3.05) is 6.54 Å². The van der Waals surface area contributed by atoms with Gasteiger partial charge < -0.3 is 10.8 Å². The minimum atomic E-state index is -0.376. The molecule has 0 amide bonds. The summed E-state index contributed by atoms with van der Waals surface area (Å²) in [6.45, 7) is 0.341. The highest BCUT2D eigenvalue weighted by molar-refractivity contribution is 9.10. The van der Waals surface area contributed by atoms with Crippen molar-refractivity contribution in [2.24, 2.45) is 5.73 Å². The molecule has 1 aromatic rings. The molecule has 2 nitrogen and oxygen atoms in total. The van der Waals surface area contributed by atoms with Gasteiger partial charge in [0.2, 0.25) is 0 Å². The Morgan fingerprint density at radius 1 is 1.46 bits per heavy atom. The van der Waals surface area contributed by atoms with E-state index in [-0.39, 0.29) is 6.10 Å². The van der Waals surface area contributed by atoms with Crippen LogP contribution in [0, 0.1) is 0 Å². The highest BCUT2D eigenvalue weighted by Crippen LogP contribution is 2.13. The maximum Gasteiger partial charge on any atom is 0.0665 e. The number of hydrogen-bond acceptors (Lipinski definition) is 2. The van der Waals surface area contributed by atoms with E-state index in [1.165, 1.54) is 5.56 Å². The van der Waals surface area contributed by atoms with Gasteiger partial charge >= 0.3 is 0 Å². The number of aliphatic hydroxyl groups is 1. The van der Waals surface area contributed by atoms with E-state index in [0.29, 0.717) is 6.54 Å². The molecule has 72 valence electrons. The highest BCUT2D eigenvalue weighted by atomic mass is 79.9. The number of rotatable bonds is 4. The van der Waals surface area contributed by atoms with Crippen LogP contribution in [-0.4, -0.2) is 17.8 Å². The van der Waals surface area contributed by atoms with Crippen molar-refractivity contribution in [3.8, 4) is 0 Å². The third-order valence-electron chi connectivity index (χ3n) is 1.93. The van der Waals surface area contributed by atoms with Crippen molar-refractivity contribution in [1.29, 1.82) is 0 Å². The summed E-state index contributed by atoms with van der Waals surface area (Å²) >= 11 is 3.40. The van der Waals surface area contributed by atoms with Crippen LogP contribution in [0.15, 0.2) is 28.7 Å². The Labute approximate surface area is 86.9 Å². The van der Waals surface area contributed by atoms with Gasteiger partial charge in [-0.1, -0.05) is 28.1 Å². The molecule has 1 aromatic carbocycles. The molecule has 0 radical (unpaired) electrons. The Morgan fingerprint density at radius 2 is 2.23 bits per heavy atom. The second-order valence-electron chi connectivity index (χ2n) is 3.06. The molecule has 0 spiro atoms. The molecular formula is C10H14BrNO. The molecule has 0 heterocycles. The van der Waals surface area contributed by atoms with Gasteiger partial charge in [-0.2, -0.15) is 0 Å². The smallest absolute Gasteiger partial charge is 0.0665 e. The topological polar surface area (TPSA) is 46.2 Å². The third-order valence-corrected chi connectivity index (χ3v) is 2.42. The van der Waals surface area contributed by atoms with Crippen molar-refractivity contribution in [1.82, 2.24) is 0 Å². The van der Waals surface area contributed by atoms with E-state index in [9.17, 15) is 5.11 Å². The molecule has 0 saturated carbocycles. The lowest BCUT2D eigenvalue weighted by Gasteiger charge is -2.07. The minimum absolute atomic E-state index is 0.341. The van der Waals surface area contributed by atoms with Gasteiger partial charge in [-0.3, -0.25) is 0 Å². The second-order valence-corrected chi connectivity index (χ2v) is 3.97. The first kappa shape index (κ1) is 10.7. The summed E-state index contributed by atoms with van der Waals surface area (Å²) in [5.74, 6) is 0. The zero-order valence-electron chi connectivity index (χ0n) is 7.41. The van der Waals surface area contributed by atoms with Crippen molar-refractivity contribution >= 4 is 15.9 Å². The van der Waals surface area contributed by atoms with Crippen molar-refractivity contribution < 1.29 is 5.11 Å². The summed E-state index contributed by atoms with van der Waals surface area (Å²) in [4.78, 5) is 0. The predicted molar refractivity (Wildman–Crippen MR) is 57.5 cm³/mol. The number of aliphatic hydroxyl groups excluding tert-OH is 1. The second kappa shape index (κ2) is 5.37. The number of aryl methyl sites for hydroxylation is 1. The summed E-state index contributed by atoms with van der Waals surface area (Å²) in [5, 5.41) is 9.25. The van der Waals surface area contributed by atoms with E-state index in [2.05, 4.69) is 22.0 Å². The number of hydrogen-bond donors (Lipinski definition) is 2. The Kier molecular flexibility index (Phi) is 4.42. The first-order valence-electron chi connectivity index (χ1n) is 4.35. The van der Waals surface area contributed by atoms with E-state index < -0.39 is 0 Å². The molecule has 3 N–H and O–H groups in total. The fraction of sp³-hybridized carbons (Fsp3) is 0.400. The van der Waals surface area contributed by atoms with Gasteiger partial charge in [0.15, 0.2) is 0 Å². The van der Waals surface area contributed by atoms with Crippen LogP contribution in [0.25, 0.3) is 0 Å². The summed E-state index contributed by atoms with van der Waals surface area (Å²) in [6.07, 6.45) is 1.23. The van der Waals surface area contributed by atoms with Crippen LogP contribution >= 0.6 is 15.9 Å². The fourth-order valence-corrected chi connectivity index (χ4v) is 1.59. The van der Waals surface area contributed by atoms with Gasteiger partial charge in [0.1, 0.15) is 0 Å². The lowest BCUT2D eigenvalue weighted by atomic mass is 10.1. The first-order chi connectivity index (χ1) is 6.22. The molecule has 13 heavy (non-hydrogen) atoms. The van der Waals surface area contributed by atoms with Gasteiger partial charge in [-0.05, 0) is 30.5 Å². The van der Waals surface area contributed by atoms with E-state index in [0.717, 1.165) is 17.3 Å². The largest absolute Gasteiger partial charge is 0.392 e. The minimum Gasteiger partial charge on any atom is -0.392 e. The summed E-state index contributed by atoms with van der Waals surface area (Å²) in [6, 6.07) is 8.09. The van der Waals surface area contributed by atoms with Gasteiger partial charge in [0.25, 0.3) is 0 Å². The SMILES string of the molecule is NC[C@H](O)CCc1cccc(Br)c1. The molecule has 0 aliphatic rings. The van der Waals surface area contributed by atoms with Crippen LogP contribution in [0.3, 0.4) is 0 Å². The lowest BCUT2D eigenvalue weighted by Crippen LogP contribution is -2.20. The Bertz CT molecular complexity index is 265. The Hall–Kier alpha value is -0.380. The molecule has 0 saturated heterocycles. The normalized spacial score (nSPS) is 12.8. The van der Waals surface area contributed by atoms with Gasteiger partial charge in [-0.25, -0.2) is 0 Å². The zero-order chi connectivity index (χ0) is 9.68. The fourth-order valence-electron chi connectivity index (χ4n) is 1.14. The summed E-state index contributed by atoms with van der Waals surface area (Å²) in [7, 11) is 0. The summed E-state index contributed by atoms with van der Waals surface area (Å²) < 4.78 is 1.08. The molecule has 0 unspecified atom stereocenters. The van der Waals surface area contributed by atoms with E-state index in [1.54, 1.807) is 0 Å². The number of benzene rings is 1. The van der Waals surface area contributed by atoms with Gasteiger partial charge in [0.05, 0.1) is 6.10 Å². The van der Waals surface area contributed by atoms with E-state index in [1.807, 2.05) is 18.2 Å². The Balaban J connectivity index is 2.45. The van der Waals surface area contributed by atoms with E-state index in [4.69, 9.17) is 5.73 Å². The first-order valence-corrected chi connectivity index (χ1v) is 5.14. The highest BCUT2D eigenvalue weighted by Gasteiger charge is 2.01. The third kappa shape index (κ3) is 3.89.